The predicted octanol–water partition coefficient (Wildman–Crippen LogP) is -4.68. The summed E-state index contributed by atoms with van der Waals surface area (Å²) in [5.41, 5.74) is 21.2. The molecule has 4 amide bonds. The molecule has 0 bridgehead atoms. The summed E-state index contributed by atoms with van der Waals surface area (Å²) in [7, 11) is 0. The smallest absolute Gasteiger partial charge is 0.243 e. The van der Waals surface area contributed by atoms with Crippen LogP contribution in [0.4, 0.5) is 0 Å². The van der Waals surface area contributed by atoms with E-state index in [4.69, 9.17) is 28.0 Å². The number of nitrogens with two attached hydrogens (primary N) is 4. The lowest BCUT2D eigenvalue weighted by atomic mass is 10.1. The highest BCUT2D eigenvalue weighted by Gasteiger charge is 2.23. The molecule has 0 heterocycles. The van der Waals surface area contributed by atoms with Crippen molar-refractivity contribution < 1.29 is 24.3 Å². The number of nitrogens with zero attached hydrogens (tertiary/aromatic N) is 1. The molecule has 13 N–H and O–H groups in total. The van der Waals surface area contributed by atoms with Gasteiger partial charge in [0, 0.05) is 13.1 Å². The fourth-order valence-electron chi connectivity index (χ4n) is 2.63. The third kappa shape index (κ3) is 14.1. The molecule has 32 heavy (non-hydrogen) atoms. The number of amides is 4. The van der Waals surface area contributed by atoms with E-state index < -0.39 is 42.3 Å². The molecule has 0 saturated carbocycles. The zero-order valence-corrected chi connectivity index (χ0v) is 18.3. The first-order valence-corrected chi connectivity index (χ1v) is 10.5. The van der Waals surface area contributed by atoms with Gasteiger partial charge in [0.15, 0.2) is 5.96 Å². The summed E-state index contributed by atoms with van der Waals surface area (Å²) in [6.07, 6.45) is 2.27. The second-order valence-corrected chi connectivity index (χ2v) is 6.91. The first-order chi connectivity index (χ1) is 15.2. The first-order valence-electron chi connectivity index (χ1n) is 10.5. The van der Waals surface area contributed by atoms with Gasteiger partial charge >= 0.3 is 0 Å². The van der Waals surface area contributed by atoms with Crippen LogP contribution < -0.4 is 44.2 Å². The van der Waals surface area contributed by atoms with Crippen LogP contribution in [0.15, 0.2) is 4.99 Å². The fourth-order valence-corrected chi connectivity index (χ4v) is 2.63. The van der Waals surface area contributed by atoms with Crippen LogP contribution in [0.3, 0.4) is 0 Å². The second kappa shape index (κ2) is 17.7. The van der Waals surface area contributed by atoms with E-state index in [1.165, 1.54) is 0 Å². The van der Waals surface area contributed by atoms with E-state index >= 15 is 0 Å². The van der Waals surface area contributed by atoms with Crippen molar-refractivity contribution in [1.29, 1.82) is 0 Å². The Hall–Kier alpha value is -2.97. The minimum absolute atomic E-state index is 0.0289. The van der Waals surface area contributed by atoms with Gasteiger partial charge in [-0.05, 0) is 38.6 Å². The topological polar surface area (TPSA) is 253 Å². The van der Waals surface area contributed by atoms with Crippen LogP contribution in [-0.2, 0) is 19.2 Å². The van der Waals surface area contributed by atoms with Gasteiger partial charge in [0.25, 0.3) is 0 Å². The Morgan fingerprint density at radius 2 is 1.44 bits per heavy atom. The Balaban J connectivity index is 4.82. The lowest BCUT2D eigenvalue weighted by Crippen LogP contribution is -2.53. The molecule has 184 valence electrons. The number of aliphatic imine (C=N–C) groups is 1. The van der Waals surface area contributed by atoms with Gasteiger partial charge in [0.05, 0.1) is 19.7 Å². The molecule has 0 saturated heterocycles. The fraction of sp³-hybridized carbons (Fsp3) is 0.722. The minimum Gasteiger partial charge on any atom is -0.395 e. The van der Waals surface area contributed by atoms with Gasteiger partial charge in [-0.1, -0.05) is 0 Å². The van der Waals surface area contributed by atoms with E-state index in [0.29, 0.717) is 32.2 Å². The molecule has 0 aliphatic carbocycles. The number of carbonyl (C=O) groups excluding carboxylic acids is 4. The van der Waals surface area contributed by atoms with E-state index in [0.717, 1.165) is 0 Å². The molecular weight excluding hydrogens is 422 g/mol. The van der Waals surface area contributed by atoms with Crippen molar-refractivity contribution in [3.05, 3.63) is 0 Å². The van der Waals surface area contributed by atoms with Gasteiger partial charge in [0.1, 0.15) is 12.1 Å². The van der Waals surface area contributed by atoms with E-state index in [2.05, 4.69) is 26.3 Å². The van der Waals surface area contributed by atoms with Gasteiger partial charge in [0.2, 0.25) is 23.6 Å². The Kier molecular flexibility index (Phi) is 16.0. The minimum atomic E-state index is -0.905. The molecule has 0 unspecified atom stereocenters. The quantitative estimate of drug-likeness (QED) is 0.0574. The Bertz CT molecular complexity index is 626. The molecular formula is C18H37N9O5. The number of hydrogen-bond donors (Lipinski definition) is 9. The first kappa shape index (κ1) is 29.0. The molecule has 0 aromatic rings. The predicted molar refractivity (Wildman–Crippen MR) is 119 cm³/mol. The number of nitrogens with one attached hydrogen (secondary N) is 4. The summed E-state index contributed by atoms with van der Waals surface area (Å²) in [5.74, 6) is -2.22. The molecule has 14 heteroatoms. The zero-order chi connectivity index (χ0) is 24.4. The van der Waals surface area contributed by atoms with Crippen molar-refractivity contribution in [3.63, 3.8) is 0 Å². The number of hydrogen-bond acceptors (Lipinski definition) is 8. The van der Waals surface area contributed by atoms with Crippen LogP contribution in [0.2, 0.25) is 0 Å². The average Bonchev–Trinajstić information content (AvgIpc) is 2.76. The monoisotopic (exact) mass is 459 g/mol. The van der Waals surface area contributed by atoms with E-state index in [1.54, 1.807) is 0 Å². The van der Waals surface area contributed by atoms with Crippen molar-refractivity contribution in [2.45, 2.75) is 44.2 Å². The Morgan fingerprint density at radius 1 is 0.844 bits per heavy atom. The van der Waals surface area contributed by atoms with Gasteiger partial charge < -0.3 is 49.3 Å². The summed E-state index contributed by atoms with van der Waals surface area (Å²) in [4.78, 5) is 52.3. The number of guanidine groups is 1. The maximum atomic E-state index is 12.4. The van der Waals surface area contributed by atoms with Crippen molar-refractivity contribution in [3.8, 4) is 0 Å². The molecule has 0 aromatic heterocycles. The lowest BCUT2D eigenvalue weighted by molar-refractivity contribution is -0.131. The van der Waals surface area contributed by atoms with Gasteiger partial charge in [-0.2, -0.15) is 0 Å². The van der Waals surface area contributed by atoms with E-state index in [1.807, 2.05) is 0 Å². The summed E-state index contributed by atoms with van der Waals surface area (Å²) in [5, 5.41) is 18.8. The lowest BCUT2D eigenvalue weighted by Gasteiger charge is -2.20. The Labute approximate surface area is 187 Å². The highest BCUT2D eigenvalue weighted by Crippen LogP contribution is 2.01. The molecule has 0 rings (SSSR count). The molecule has 0 aromatic carbocycles. The summed E-state index contributed by atoms with van der Waals surface area (Å²) >= 11 is 0. The number of unbranched alkanes of at least 4 members (excludes halogenated alkanes) is 1. The molecule has 2 atom stereocenters. The summed E-state index contributed by atoms with van der Waals surface area (Å²) in [6.45, 7) is -0.180. The summed E-state index contributed by atoms with van der Waals surface area (Å²) < 4.78 is 0. The molecule has 0 aliphatic heterocycles. The number of aliphatic hydroxyl groups excluding tert-OH is 1. The second-order valence-electron chi connectivity index (χ2n) is 6.91. The normalized spacial score (nSPS) is 12.2. The van der Waals surface area contributed by atoms with Crippen LogP contribution in [0.25, 0.3) is 0 Å². The van der Waals surface area contributed by atoms with Crippen molar-refractivity contribution in [1.82, 2.24) is 21.3 Å². The maximum Gasteiger partial charge on any atom is 0.243 e. The number of rotatable bonds is 17. The zero-order valence-electron chi connectivity index (χ0n) is 18.3. The van der Waals surface area contributed by atoms with Gasteiger partial charge in [-0.25, -0.2) is 0 Å². The van der Waals surface area contributed by atoms with Crippen LogP contribution >= 0.6 is 0 Å². The molecule has 0 fully saturated rings. The van der Waals surface area contributed by atoms with Crippen LogP contribution in [0.1, 0.15) is 32.1 Å². The van der Waals surface area contributed by atoms with Crippen LogP contribution in [-0.4, -0.2) is 86.1 Å². The molecule has 0 aliphatic rings. The van der Waals surface area contributed by atoms with Gasteiger partial charge in [-0.15, -0.1) is 0 Å². The number of carbonyl (C=O) groups is 4. The van der Waals surface area contributed by atoms with Crippen LogP contribution in [0.5, 0.6) is 0 Å². The highest BCUT2D eigenvalue weighted by atomic mass is 16.3. The van der Waals surface area contributed by atoms with E-state index in [-0.39, 0.29) is 38.6 Å². The van der Waals surface area contributed by atoms with Crippen LogP contribution in [0, 0.1) is 0 Å². The van der Waals surface area contributed by atoms with Crippen molar-refractivity contribution in [2.75, 3.05) is 39.3 Å². The average molecular weight is 460 g/mol. The standard InChI is InChI=1S/C18H37N9O5/c19-6-2-1-4-12(26-14(29)10-20)17(32)25-11-15(30)27-13(16(31)23-8-9-28)5-3-7-24-18(21)22/h12-13,28H,1-11,19-20H2,(H,23,31)(H,25,32)(H,26,29)(H,27,30)(H4,21,22,24)/t12-,13-/m0/s1. The molecule has 0 radical (unpaired) electrons. The molecule has 0 spiro atoms. The maximum absolute atomic E-state index is 12.4. The number of aliphatic hydroxyl groups is 1. The molecule has 14 nitrogen and oxygen atoms in total. The summed E-state index contributed by atoms with van der Waals surface area (Å²) in [6, 6.07) is -1.76. The van der Waals surface area contributed by atoms with E-state index in [9.17, 15) is 19.2 Å². The highest BCUT2D eigenvalue weighted by molar-refractivity contribution is 5.92. The SMILES string of the molecule is NCCCC[C@H](NC(=O)CN)C(=O)NCC(=O)N[C@@H](CCCN=C(N)N)C(=O)NCCO. The third-order valence-electron chi connectivity index (χ3n) is 4.22. The Morgan fingerprint density at radius 3 is 2.00 bits per heavy atom. The van der Waals surface area contributed by atoms with Gasteiger partial charge in [-0.3, -0.25) is 24.2 Å². The third-order valence-corrected chi connectivity index (χ3v) is 4.22. The van der Waals surface area contributed by atoms with Crippen molar-refractivity contribution >= 4 is 29.6 Å². The largest absolute Gasteiger partial charge is 0.395 e. The van der Waals surface area contributed by atoms with Crippen molar-refractivity contribution in [2.24, 2.45) is 27.9 Å².